The quantitative estimate of drug-likeness (QED) is 0.740. The number of carbonyl (C=O) groups excluding carboxylic acids is 1. The molecule has 1 amide bonds. The van der Waals surface area contributed by atoms with Crippen LogP contribution in [0.3, 0.4) is 0 Å². The highest BCUT2D eigenvalue weighted by Gasteiger charge is 2.22. The molecule has 0 aromatic rings. The normalized spacial score (nSPS) is 17.9. The van der Waals surface area contributed by atoms with Crippen LogP contribution in [0.2, 0.25) is 0 Å². The molecule has 20 heavy (non-hydrogen) atoms. The van der Waals surface area contributed by atoms with Crippen LogP contribution in [0.15, 0.2) is 0 Å². The molecule has 0 unspecified atom stereocenters. The van der Waals surface area contributed by atoms with Gasteiger partial charge in [0.2, 0.25) is 15.9 Å². The van der Waals surface area contributed by atoms with Gasteiger partial charge in [-0.25, -0.2) is 13.1 Å². The molecule has 2 N–H and O–H groups in total. The van der Waals surface area contributed by atoms with Crippen LogP contribution >= 0.6 is 0 Å². The van der Waals surface area contributed by atoms with Crippen LogP contribution in [0.5, 0.6) is 0 Å². The van der Waals surface area contributed by atoms with E-state index < -0.39 is 15.6 Å². The Bertz CT molecular complexity index is 413. The Labute approximate surface area is 122 Å². The van der Waals surface area contributed by atoms with Crippen molar-refractivity contribution in [3.8, 4) is 0 Å². The molecule has 0 saturated carbocycles. The van der Waals surface area contributed by atoms with Crippen LogP contribution in [-0.2, 0) is 14.8 Å². The highest BCUT2D eigenvalue weighted by molar-refractivity contribution is 7.88. The van der Waals surface area contributed by atoms with Crippen molar-refractivity contribution in [3.63, 3.8) is 0 Å². The van der Waals surface area contributed by atoms with E-state index in [0.29, 0.717) is 6.54 Å². The number of rotatable bonds is 6. The van der Waals surface area contributed by atoms with E-state index in [0.717, 1.165) is 32.2 Å². The third-order valence-corrected chi connectivity index (χ3v) is 4.19. The third-order valence-electron chi connectivity index (χ3n) is 3.26. The molecular formula is C13H27N3O3S. The van der Waals surface area contributed by atoms with Crippen molar-refractivity contribution < 1.29 is 13.2 Å². The Morgan fingerprint density at radius 2 is 1.70 bits per heavy atom. The van der Waals surface area contributed by atoms with E-state index in [-0.39, 0.29) is 12.5 Å². The Morgan fingerprint density at radius 3 is 2.20 bits per heavy atom. The average Bonchev–Trinajstić information content (AvgIpc) is 2.53. The molecule has 1 rings (SSSR count). The minimum Gasteiger partial charge on any atom is -0.342 e. The Hall–Kier alpha value is -0.660. The molecule has 1 saturated heterocycles. The third kappa shape index (κ3) is 7.21. The lowest BCUT2D eigenvalue weighted by atomic mass is 10.1. The monoisotopic (exact) mass is 305 g/mol. The van der Waals surface area contributed by atoms with Crippen LogP contribution in [-0.4, -0.2) is 57.2 Å². The first kappa shape index (κ1) is 17.4. The molecular weight excluding hydrogens is 278 g/mol. The van der Waals surface area contributed by atoms with Gasteiger partial charge >= 0.3 is 0 Å². The maximum absolute atomic E-state index is 12.0. The number of likely N-dealkylation sites (tertiary alicyclic amines) is 1. The fraction of sp³-hybridized carbons (Fsp3) is 0.923. The highest BCUT2D eigenvalue weighted by Crippen LogP contribution is 2.09. The number of nitrogens with zero attached hydrogens (tertiary/aromatic N) is 1. The summed E-state index contributed by atoms with van der Waals surface area (Å²) in [7, 11) is -3.24. The van der Waals surface area contributed by atoms with E-state index in [1.165, 1.54) is 12.8 Å². The molecule has 7 heteroatoms. The van der Waals surface area contributed by atoms with Crippen molar-refractivity contribution >= 4 is 15.9 Å². The molecule has 0 atom stereocenters. The van der Waals surface area contributed by atoms with Crippen LogP contribution in [0.4, 0.5) is 0 Å². The van der Waals surface area contributed by atoms with E-state index in [1.807, 2.05) is 4.90 Å². The van der Waals surface area contributed by atoms with Gasteiger partial charge in [0.25, 0.3) is 0 Å². The molecule has 1 fully saturated rings. The largest absolute Gasteiger partial charge is 0.342 e. The number of nitrogens with one attached hydrogen (secondary N) is 2. The summed E-state index contributed by atoms with van der Waals surface area (Å²) in [4.78, 5) is 13.9. The van der Waals surface area contributed by atoms with Crippen molar-refractivity contribution in [1.29, 1.82) is 0 Å². The predicted octanol–water partition coefficient (Wildman–Crippen LogP) is 0.306. The maximum atomic E-state index is 12.0. The van der Waals surface area contributed by atoms with Gasteiger partial charge in [0, 0.05) is 25.2 Å². The molecule has 6 nitrogen and oxygen atoms in total. The Kier molecular flexibility index (Phi) is 6.42. The fourth-order valence-electron chi connectivity index (χ4n) is 2.45. The minimum absolute atomic E-state index is 0.0991. The summed E-state index contributed by atoms with van der Waals surface area (Å²) in [6, 6.07) is 0. The molecule has 1 aliphatic rings. The van der Waals surface area contributed by atoms with Gasteiger partial charge in [0.1, 0.15) is 0 Å². The Balaban J connectivity index is 2.33. The molecule has 0 bridgehead atoms. The predicted molar refractivity (Wildman–Crippen MR) is 80.0 cm³/mol. The lowest BCUT2D eigenvalue weighted by molar-refractivity contribution is -0.130. The van der Waals surface area contributed by atoms with Crippen molar-refractivity contribution in [2.75, 3.05) is 32.4 Å². The molecule has 1 heterocycles. The smallest absolute Gasteiger partial charge is 0.236 e. The van der Waals surface area contributed by atoms with E-state index in [9.17, 15) is 13.2 Å². The van der Waals surface area contributed by atoms with Crippen molar-refractivity contribution in [3.05, 3.63) is 0 Å². The standard InChI is InChI=1S/C13H27N3O3S/c1-13(2,15-20(3,18)19)11-14-10-12(17)16-8-6-4-5-7-9-16/h14-15H,4-11H2,1-3H3. The zero-order valence-corrected chi connectivity index (χ0v) is 13.6. The molecule has 0 radical (unpaired) electrons. The van der Waals surface area contributed by atoms with Gasteiger partial charge in [0.05, 0.1) is 12.8 Å². The number of hydrogen-bond acceptors (Lipinski definition) is 4. The first-order chi connectivity index (χ1) is 9.20. The molecule has 0 spiro atoms. The van der Waals surface area contributed by atoms with Gasteiger partial charge in [-0.05, 0) is 26.7 Å². The van der Waals surface area contributed by atoms with Crippen molar-refractivity contribution in [1.82, 2.24) is 14.9 Å². The lowest BCUT2D eigenvalue weighted by Crippen LogP contribution is -2.51. The van der Waals surface area contributed by atoms with E-state index in [4.69, 9.17) is 0 Å². The van der Waals surface area contributed by atoms with Gasteiger partial charge in [0.15, 0.2) is 0 Å². The second kappa shape index (κ2) is 7.38. The summed E-state index contributed by atoms with van der Waals surface area (Å²) >= 11 is 0. The van der Waals surface area contributed by atoms with E-state index >= 15 is 0 Å². The van der Waals surface area contributed by atoms with Crippen LogP contribution in [0.1, 0.15) is 39.5 Å². The molecule has 118 valence electrons. The first-order valence-corrected chi connectivity index (χ1v) is 9.06. The maximum Gasteiger partial charge on any atom is 0.236 e. The van der Waals surface area contributed by atoms with Crippen molar-refractivity contribution in [2.24, 2.45) is 0 Å². The summed E-state index contributed by atoms with van der Waals surface area (Å²) in [5.74, 6) is 0.0991. The zero-order valence-electron chi connectivity index (χ0n) is 12.7. The number of hydrogen-bond donors (Lipinski definition) is 2. The summed E-state index contributed by atoms with van der Waals surface area (Å²) < 4.78 is 25.0. The van der Waals surface area contributed by atoms with E-state index in [2.05, 4.69) is 10.0 Å². The Morgan fingerprint density at radius 1 is 1.15 bits per heavy atom. The average molecular weight is 305 g/mol. The number of carbonyl (C=O) groups is 1. The first-order valence-electron chi connectivity index (χ1n) is 7.17. The summed E-state index contributed by atoms with van der Waals surface area (Å²) in [6.45, 7) is 5.93. The molecule has 0 aromatic carbocycles. The second-order valence-corrected chi connectivity index (χ2v) is 7.91. The summed E-state index contributed by atoms with van der Waals surface area (Å²) in [6.07, 6.45) is 5.68. The van der Waals surface area contributed by atoms with Gasteiger partial charge in [-0.15, -0.1) is 0 Å². The molecule has 0 aromatic heterocycles. The SMILES string of the molecule is CC(C)(CNCC(=O)N1CCCCCC1)NS(C)(=O)=O. The number of amides is 1. The topological polar surface area (TPSA) is 78.5 Å². The molecule has 1 aliphatic heterocycles. The second-order valence-electron chi connectivity index (χ2n) is 6.16. The van der Waals surface area contributed by atoms with Gasteiger partial charge in [-0.3, -0.25) is 4.79 Å². The van der Waals surface area contributed by atoms with Crippen molar-refractivity contribution in [2.45, 2.75) is 45.1 Å². The summed E-state index contributed by atoms with van der Waals surface area (Å²) in [5, 5.41) is 3.05. The van der Waals surface area contributed by atoms with Gasteiger partial charge < -0.3 is 10.2 Å². The molecule has 0 aliphatic carbocycles. The van der Waals surface area contributed by atoms with Gasteiger partial charge in [-0.1, -0.05) is 12.8 Å². The number of sulfonamides is 1. The van der Waals surface area contributed by atoms with Crippen LogP contribution in [0.25, 0.3) is 0 Å². The fourth-order valence-corrected chi connectivity index (χ4v) is 3.53. The zero-order chi connectivity index (χ0) is 15.2. The highest BCUT2D eigenvalue weighted by atomic mass is 32.2. The van der Waals surface area contributed by atoms with Crippen LogP contribution in [0, 0.1) is 0 Å². The van der Waals surface area contributed by atoms with Crippen LogP contribution < -0.4 is 10.0 Å². The minimum atomic E-state index is -3.24. The lowest BCUT2D eigenvalue weighted by Gasteiger charge is -2.26. The summed E-state index contributed by atoms with van der Waals surface area (Å²) in [5.41, 5.74) is -0.605. The van der Waals surface area contributed by atoms with Gasteiger partial charge in [-0.2, -0.15) is 0 Å². The van der Waals surface area contributed by atoms with E-state index in [1.54, 1.807) is 13.8 Å².